The molecular weight excluding hydrogens is 362 g/mol. The van der Waals surface area contributed by atoms with Crippen molar-refractivity contribution in [3.63, 3.8) is 0 Å². The van der Waals surface area contributed by atoms with E-state index in [0.717, 1.165) is 0 Å². The number of rotatable bonds is 7. The number of benzene rings is 2. The monoisotopic (exact) mass is 381 g/mol. The quantitative estimate of drug-likeness (QED) is 0.429. The third kappa shape index (κ3) is 4.73. The van der Waals surface area contributed by atoms with Gasteiger partial charge < -0.3 is 20.0 Å². The van der Waals surface area contributed by atoms with Gasteiger partial charge in [-0.3, -0.25) is 14.4 Å². The summed E-state index contributed by atoms with van der Waals surface area (Å²) in [6.45, 7) is 1.45. The van der Waals surface area contributed by atoms with Gasteiger partial charge in [0.25, 0.3) is 5.91 Å². The number of ketones is 1. The van der Waals surface area contributed by atoms with Crippen LogP contribution in [0.4, 0.5) is 5.69 Å². The number of aromatic amines is 2. The van der Waals surface area contributed by atoms with E-state index < -0.39 is 18.0 Å². The molecule has 0 fully saturated rings. The highest BCUT2D eigenvalue weighted by Gasteiger charge is 2.19. The molecule has 0 spiro atoms. The van der Waals surface area contributed by atoms with Crippen molar-refractivity contribution in [2.45, 2.75) is 25.9 Å². The van der Waals surface area contributed by atoms with Gasteiger partial charge in [0, 0.05) is 17.7 Å². The minimum atomic E-state index is -1.03. The number of carbonyl (C=O) groups excluding carboxylic acids is 3. The third-order valence-electron chi connectivity index (χ3n) is 4.11. The Morgan fingerprint density at radius 1 is 1.00 bits per heavy atom. The highest BCUT2D eigenvalue weighted by atomic mass is 16.5. The molecule has 0 aliphatic heterocycles. The lowest BCUT2D eigenvalue weighted by Gasteiger charge is -2.13. The second-order valence-corrected chi connectivity index (χ2v) is 6.25. The van der Waals surface area contributed by atoms with Crippen LogP contribution in [0.25, 0.3) is 11.0 Å². The van der Waals surface area contributed by atoms with Crippen molar-refractivity contribution in [3.8, 4) is 0 Å². The van der Waals surface area contributed by atoms with Crippen molar-refractivity contribution in [3.05, 3.63) is 64.6 Å². The van der Waals surface area contributed by atoms with Crippen LogP contribution in [0.15, 0.2) is 53.3 Å². The Morgan fingerprint density at radius 3 is 2.46 bits per heavy atom. The van der Waals surface area contributed by atoms with E-state index in [2.05, 4.69) is 15.3 Å². The summed E-state index contributed by atoms with van der Waals surface area (Å²) < 4.78 is 5.10. The third-order valence-corrected chi connectivity index (χ3v) is 4.11. The molecule has 8 nitrogen and oxygen atoms in total. The fourth-order valence-corrected chi connectivity index (χ4v) is 2.65. The zero-order valence-corrected chi connectivity index (χ0v) is 15.2. The van der Waals surface area contributed by atoms with E-state index in [0.29, 0.717) is 22.3 Å². The second-order valence-electron chi connectivity index (χ2n) is 6.25. The minimum Gasteiger partial charge on any atom is -0.453 e. The van der Waals surface area contributed by atoms with Gasteiger partial charge in [-0.15, -0.1) is 0 Å². The van der Waals surface area contributed by atoms with Crippen molar-refractivity contribution in [1.82, 2.24) is 9.97 Å². The molecule has 8 heteroatoms. The Morgan fingerprint density at radius 2 is 1.71 bits per heavy atom. The van der Waals surface area contributed by atoms with Crippen LogP contribution in [0.2, 0.25) is 0 Å². The molecule has 144 valence electrons. The number of ether oxygens (including phenoxy) is 1. The topological polar surface area (TPSA) is 121 Å². The smallest absolute Gasteiger partial charge is 0.323 e. The summed E-state index contributed by atoms with van der Waals surface area (Å²) in [6, 6.07) is 13.5. The number of esters is 1. The predicted molar refractivity (Wildman–Crippen MR) is 103 cm³/mol. The maximum atomic E-state index is 12.2. The van der Waals surface area contributed by atoms with Crippen LogP contribution in [-0.4, -0.2) is 33.7 Å². The molecule has 0 aliphatic rings. The molecule has 3 N–H and O–H groups in total. The molecule has 0 bridgehead atoms. The summed E-state index contributed by atoms with van der Waals surface area (Å²) in [5, 5.41) is 2.62. The maximum absolute atomic E-state index is 12.2. The van der Waals surface area contributed by atoms with Gasteiger partial charge in [0.1, 0.15) is 0 Å². The van der Waals surface area contributed by atoms with Crippen LogP contribution in [0.5, 0.6) is 0 Å². The molecule has 28 heavy (non-hydrogen) atoms. The highest BCUT2D eigenvalue weighted by molar-refractivity contribution is 5.98. The summed E-state index contributed by atoms with van der Waals surface area (Å²) in [6.07, 6.45) is -1.13. The number of anilines is 1. The number of carbonyl (C=O) groups is 3. The van der Waals surface area contributed by atoms with Crippen molar-refractivity contribution < 1.29 is 19.1 Å². The molecule has 3 rings (SSSR count). The number of hydrogen-bond donors (Lipinski definition) is 3. The SMILES string of the molecule is C[C@H](OC(=O)CCC(=O)c1ccccc1)C(=O)Nc1ccc2[nH]c(=O)[nH]c2c1. The number of nitrogens with one attached hydrogen (secondary N) is 3. The van der Waals surface area contributed by atoms with E-state index in [1.54, 1.807) is 48.5 Å². The summed E-state index contributed by atoms with van der Waals surface area (Å²) in [5.74, 6) is -1.30. The molecular formula is C20H19N3O5. The van der Waals surface area contributed by atoms with Crippen LogP contribution in [-0.2, 0) is 14.3 Å². The molecule has 0 saturated carbocycles. The Hall–Kier alpha value is -3.68. The number of imidazole rings is 1. The molecule has 1 aromatic heterocycles. The van der Waals surface area contributed by atoms with Gasteiger partial charge in [-0.1, -0.05) is 30.3 Å². The summed E-state index contributed by atoms with van der Waals surface area (Å²) in [7, 11) is 0. The van der Waals surface area contributed by atoms with Crippen molar-refractivity contribution in [1.29, 1.82) is 0 Å². The Balaban J connectivity index is 1.50. The largest absolute Gasteiger partial charge is 0.453 e. The average molecular weight is 381 g/mol. The Labute approximate surface area is 159 Å². The van der Waals surface area contributed by atoms with Crippen molar-refractivity contribution in [2.24, 2.45) is 0 Å². The predicted octanol–water partition coefficient (Wildman–Crippen LogP) is 2.39. The number of fused-ring (bicyclic) bond motifs is 1. The summed E-state index contributed by atoms with van der Waals surface area (Å²) in [5.41, 5.74) is 1.80. The number of aromatic nitrogens is 2. The normalized spacial score (nSPS) is 11.8. The van der Waals surface area contributed by atoms with Crippen LogP contribution < -0.4 is 11.0 Å². The number of amides is 1. The first-order valence-electron chi connectivity index (χ1n) is 8.73. The zero-order chi connectivity index (χ0) is 20.1. The van der Waals surface area contributed by atoms with E-state index in [1.807, 2.05) is 0 Å². The first-order valence-corrected chi connectivity index (χ1v) is 8.73. The van der Waals surface area contributed by atoms with E-state index in [1.165, 1.54) is 6.92 Å². The standard InChI is InChI=1S/C20H19N3O5/c1-12(28-18(25)10-9-17(24)13-5-3-2-4-6-13)19(26)21-14-7-8-15-16(11-14)23-20(27)22-15/h2-8,11-12H,9-10H2,1H3,(H,21,26)(H2,22,23,27)/t12-/m0/s1. The Bertz CT molecular complexity index is 1070. The van der Waals surface area contributed by atoms with Gasteiger partial charge in [-0.25, -0.2) is 4.79 Å². The number of H-pyrrole nitrogens is 2. The molecule has 1 amide bonds. The molecule has 0 saturated heterocycles. The van der Waals surface area contributed by atoms with Crippen molar-refractivity contribution >= 4 is 34.4 Å². The van der Waals surface area contributed by atoms with E-state index in [4.69, 9.17) is 4.74 Å². The molecule has 1 heterocycles. The lowest BCUT2D eigenvalue weighted by molar-refractivity contribution is -0.153. The fourth-order valence-electron chi connectivity index (χ4n) is 2.65. The lowest BCUT2D eigenvalue weighted by Crippen LogP contribution is -2.30. The minimum absolute atomic E-state index is 0.00864. The second kappa shape index (κ2) is 8.34. The lowest BCUT2D eigenvalue weighted by atomic mass is 10.1. The van der Waals surface area contributed by atoms with E-state index >= 15 is 0 Å². The van der Waals surface area contributed by atoms with Crippen molar-refractivity contribution in [2.75, 3.05) is 5.32 Å². The number of Topliss-reactive ketones (excluding diaryl/α,β-unsaturated/α-hetero) is 1. The van der Waals surface area contributed by atoms with Crippen LogP contribution in [0.3, 0.4) is 0 Å². The molecule has 3 aromatic rings. The maximum Gasteiger partial charge on any atom is 0.323 e. The van der Waals surface area contributed by atoms with Gasteiger partial charge in [-0.2, -0.15) is 0 Å². The Kier molecular flexibility index (Phi) is 5.69. The van der Waals surface area contributed by atoms with Crippen LogP contribution in [0, 0.1) is 0 Å². The molecule has 0 unspecified atom stereocenters. The van der Waals surface area contributed by atoms with Gasteiger partial charge in [0.15, 0.2) is 11.9 Å². The first-order chi connectivity index (χ1) is 13.4. The molecule has 0 aliphatic carbocycles. The molecule has 1 atom stereocenters. The number of hydrogen-bond acceptors (Lipinski definition) is 5. The molecule has 2 aromatic carbocycles. The van der Waals surface area contributed by atoms with Gasteiger partial charge in [0.2, 0.25) is 0 Å². The first kappa shape index (κ1) is 19.1. The fraction of sp³-hybridized carbons (Fsp3) is 0.200. The van der Waals surface area contributed by atoms with E-state index in [9.17, 15) is 19.2 Å². The highest BCUT2D eigenvalue weighted by Crippen LogP contribution is 2.15. The average Bonchev–Trinajstić information content (AvgIpc) is 3.06. The van der Waals surface area contributed by atoms with E-state index in [-0.39, 0.29) is 24.3 Å². The summed E-state index contributed by atoms with van der Waals surface area (Å²) in [4.78, 5) is 52.6. The van der Waals surface area contributed by atoms with Gasteiger partial charge in [0.05, 0.1) is 17.5 Å². The summed E-state index contributed by atoms with van der Waals surface area (Å²) >= 11 is 0. The van der Waals surface area contributed by atoms with Gasteiger partial charge >= 0.3 is 11.7 Å². The zero-order valence-electron chi connectivity index (χ0n) is 15.2. The molecule has 0 radical (unpaired) electrons. The van der Waals surface area contributed by atoms with Crippen LogP contribution >= 0.6 is 0 Å². The van der Waals surface area contributed by atoms with Gasteiger partial charge in [-0.05, 0) is 25.1 Å². The van der Waals surface area contributed by atoms with Crippen LogP contribution in [0.1, 0.15) is 30.1 Å².